The van der Waals surface area contributed by atoms with Crippen LogP contribution in [0.4, 0.5) is 5.69 Å². The molecule has 2 aromatic rings. The number of fused-ring (bicyclic) bond motifs is 1. The first kappa shape index (κ1) is 19.7. The van der Waals surface area contributed by atoms with Gasteiger partial charge in [0, 0.05) is 5.69 Å². The maximum Gasteiger partial charge on any atom is 0.338 e. The molecule has 3 rings (SSSR count). The summed E-state index contributed by atoms with van der Waals surface area (Å²) in [5.41, 5.74) is 3.22. The first-order valence-electron chi connectivity index (χ1n) is 9.36. The highest BCUT2D eigenvalue weighted by Gasteiger charge is 2.19. The van der Waals surface area contributed by atoms with Crippen molar-refractivity contribution in [3.05, 3.63) is 53.1 Å². The third-order valence-electron chi connectivity index (χ3n) is 4.58. The number of para-hydroxylation sites is 1. The number of hydrogen-bond donors (Lipinski definition) is 1. The molecule has 28 heavy (non-hydrogen) atoms. The van der Waals surface area contributed by atoms with Gasteiger partial charge in [-0.2, -0.15) is 0 Å². The molecule has 2 aromatic carbocycles. The molecule has 1 amide bonds. The number of carbonyl (C=O) groups is 2. The topological polar surface area (TPSA) is 73.9 Å². The molecule has 0 atom stereocenters. The van der Waals surface area contributed by atoms with E-state index in [-0.39, 0.29) is 31.1 Å². The fraction of sp³-hybridized carbons (Fsp3) is 0.364. The van der Waals surface area contributed by atoms with E-state index < -0.39 is 5.97 Å². The minimum absolute atomic E-state index is 0.129. The van der Waals surface area contributed by atoms with Crippen molar-refractivity contribution in [1.82, 2.24) is 0 Å². The van der Waals surface area contributed by atoms with Gasteiger partial charge in [-0.15, -0.1) is 0 Å². The molecule has 1 heterocycles. The van der Waals surface area contributed by atoms with Gasteiger partial charge in [0.05, 0.1) is 5.56 Å². The molecule has 148 valence electrons. The Hall–Kier alpha value is -3.02. The van der Waals surface area contributed by atoms with E-state index in [1.807, 2.05) is 18.2 Å². The van der Waals surface area contributed by atoms with Crippen LogP contribution in [0.2, 0.25) is 0 Å². The molecule has 1 aliphatic heterocycles. The number of benzene rings is 2. The molecule has 6 nitrogen and oxygen atoms in total. The summed E-state index contributed by atoms with van der Waals surface area (Å²) in [6, 6.07) is 10.8. The Bertz CT molecular complexity index is 862. The van der Waals surface area contributed by atoms with Gasteiger partial charge >= 0.3 is 5.97 Å². The normalized spacial score (nSPS) is 12.4. The zero-order valence-corrected chi connectivity index (χ0v) is 16.6. The second kappa shape index (κ2) is 8.33. The van der Waals surface area contributed by atoms with Gasteiger partial charge in [-0.3, -0.25) is 4.79 Å². The second-order valence-electron chi connectivity index (χ2n) is 7.31. The first-order chi connectivity index (χ1) is 13.4. The molecular weight excluding hydrogens is 358 g/mol. The van der Waals surface area contributed by atoms with Crippen LogP contribution in [0, 0.1) is 0 Å². The number of nitrogens with one attached hydrogen (secondary N) is 1. The molecule has 0 spiro atoms. The van der Waals surface area contributed by atoms with E-state index in [0.29, 0.717) is 17.1 Å². The molecule has 6 heteroatoms. The van der Waals surface area contributed by atoms with E-state index >= 15 is 0 Å². The molecule has 0 saturated heterocycles. The predicted molar refractivity (Wildman–Crippen MR) is 106 cm³/mol. The van der Waals surface area contributed by atoms with Gasteiger partial charge in [0.15, 0.2) is 18.1 Å². The second-order valence-corrected chi connectivity index (χ2v) is 7.31. The monoisotopic (exact) mass is 383 g/mol. The van der Waals surface area contributed by atoms with Crippen LogP contribution in [0.1, 0.15) is 61.0 Å². The average molecular weight is 383 g/mol. The number of anilines is 1. The molecule has 0 saturated carbocycles. The van der Waals surface area contributed by atoms with Crippen molar-refractivity contribution < 1.29 is 23.8 Å². The van der Waals surface area contributed by atoms with E-state index in [1.165, 1.54) is 0 Å². The molecule has 1 N–H and O–H groups in total. The molecule has 0 aliphatic carbocycles. The summed E-state index contributed by atoms with van der Waals surface area (Å²) in [5.74, 6) is 0.626. The summed E-state index contributed by atoms with van der Waals surface area (Å²) >= 11 is 0. The number of carbonyl (C=O) groups excluding carboxylic acids is 2. The van der Waals surface area contributed by atoms with Crippen LogP contribution >= 0.6 is 0 Å². The van der Waals surface area contributed by atoms with E-state index in [9.17, 15) is 9.59 Å². The maximum absolute atomic E-state index is 12.5. The molecular formula is C22H25NO5. The van der Waals surface area contributed by atoms with Gasteiger partial charge in [0.25, 0.3) is 5.91 Å². The number of hydrogen-bond acceptors (Lipinski definition) is 5. The lowest BCUT2D eigenvalue weighted by molar-refractivity contribution is -0.119. The Morgan fingerprint density at radius 2 is 1.64 bits per heavy atom. The minimum atomic E-state index is -0.588. The van der Waals surface area contributed by atoms with Gasteiger partial charge in [-0.1, -0.05) is 45.9 Å². The average Bonchev–Trinajstić information content (AvgIpc) is 3.13. The van der Waals surface area contributed by atoms with Gasteiger partial charge in [0.2, 0.25) is 6.79 Å². The van der Waals surface area contributed by atoms with Crippen LogP contribution < -0.4 is 14.8 Å². The van der Waals surface area contributed by atoms with Crippen molar-refractivity contribution in [2.45, 2.75) is 39.5 Å². The highest BCUT2D eigenvalue weighted by molar-refractivity contribution is 5.96. The number of rotatable bonds is 6. The number of ether oxygens (including phenoxy) is 3. The number of esters is 1. The van der Waals surface area contributed by atoms with E-state index in [1.54, 1.807) is 18.2 Å². The van der Waals surface area contributed by atoms with Crippen LogP contribution in [-0.4, -0.2) is 25.3 Å². The van der Waals surface area contributed by atoms with Crippen LogP contribution in [0.15, 0.2) is 36.4 Å². The summed E-state index contributed by atoms with van der Waals surface area (Å²) in [4.78, 5) is 24.7. The predicted octanol–water partition coefficient (Wildman–Crippen LogP) is 4.46. The van der Waals surface area contributed by atoms with E-state index in [0.717, 1.165) is 16.8 Å². The zero-order valence-electron chi connectivity index (χ0n) is 16.6. The summed E-state index contributed by atoms with van der Waals surface area (Å²) in [5, 5.41) is 2.93. The van der Waals surface area contributed by atoms with E-state index in [2.05, 4.69) is 33.0 Å². The Kier molecular flexibility index (Phi) is 5.87. The number of amides is 1. The van der Waals surface area contributed by atoms with Crippen LogP contribution in [0.3, 0.4) is 0 Å². The third-order valence-corrected chi connectivity index (χ3v) is 4.58. The molecule has 0 unspecified atom stereocenters. The maximum atomic E-state index is 12.5. The van der Waals surface area contributed by atoms with Gasteiger partial charge in [-0.25, -0.2) is 4.79 Å². The summed E-state index contributed by atoms with van der Waals surface area (Å²) in [7, 11) is 0. The molecule has 0 radical (unpaired) electrons. The molecule has 0 bridgehead atoms. The smallest absolute Gasteiger partial charge is 0.338 e. The van der Waals surface area contributed by atoms with Crippen LogP contribution in [-0.2, 0) is 9.53 Å². The Labute approximate surface area is 164 Å². The fourth-order valence-corrected chi connectivity index (χ4v) is 3.11. The van der Waals surface area contributed by atoms with Crippen molar-refractivity contribution in [3.8, 4) is 11.5 Å². The minimum Gasteiger partial charge on any atom is -0.454 e. The van der Waals surface area contributed by atoms with Crippen molar-refractivity contribution in [2.24, 2.45) is 0 Å². The van der Waals surface area contributed by atoms with Gasteiger partial charge < -0.3 is 19.5 Å². The Morgan fingerprint density at radius 3 is 2.29 bits per heavy atom. The molecule has 0 aromatic heterocycles. The van der Waals surface area contributed by atoms with Crippen LogP contribution in [0.5, 0.6) is 11.5 Å². The van der Waals surface area contributed by atoms with Crippen molar-refractivity contribution in [3.63, 3.8) is 0 Å². The highest BCUT2D eigenvalue weighted by Crippen LogP contribution is 2.33. The van der Waals surface area contributed by atoms with Gasteiger partial charge in [-0.05, 0) is 41.2 Å². The third kappa shape index (κ3) is 4.27. The fourth-order valence-electron chi connectivity index (χ4n) is 3.11. The lowest BCUT2D eigenvalue weighted by Crippen LogP contribution is -2.22. The van der Waals surface area contributed by atoms with Crippen molar-refractivity contribution >= 4 is 17.6 Å². The SMILES string of the molecule is CC(C)c1cccc(C(C)C)c1NC(=O)COC(=O)c1ccc2c(c1)OCO2. The standard InChI is InChI=1S/C22H25NO5/c1-13(2)16-6-5-7-17(14(3)4)21(16)23-20(24)11-26-22(25)15-8-9-18-19(10-15)28-12-27-18/h5-10,13-14H,11-12H2,1-4H3,(H,23,24). The quantitative estimate of drug-likeness (QED) is 0.746. The van der Waals surface area contributed by atoms with Crippen molar-refractivity contribution in [2.75, 3.05) is 18.7 Å². The largest absolute Gasteiger partial charge is 0.454 e. The Morgan fingerprint density at radius 1 is 1.00 bits per heavy atom. The van der Waals surface area contributed by atoms with E-state index in [4.69, 9.17) is 14.2 Å². The summed E-state index contributed by atoms with van der Waals surface area (Å²) < 4.78 is 15.7. The first-order valence-corrected chi connectivity index (χ1v) is 9.36. The Balaban J connectivity index is 1.67. The van der Waals surface area contributed by atoms with Crippen LogP contribution in [0.25, 0.3) is 0 Å². The highest BCUT2D eigenvalue weighted by atomic mass is 16.7. The van der Waals surface area contributed by atoms with Gasteiger partial charge in [0.1, 0.15) is 0 Å². The summed E-state index contributed by atoms with van der Waals surface area (Å²) in [6.07, 6.45) is 0. The zero-order chi connectivity index (χ0) is 20.3. The lowest BCUT2D eigenvalue weighted by Gasteiger charge is -2.20. The molecule has 1 aliphatic rings. The molecule has 0 fully saturated rings. The van der Waals surface area contributed by atoms with Crippen molar-refractivity contribution in [1.29, 1.82) is 0 Å². The lowest BCUT2D eigenvalue weighted by atomic mass is 9.92. The summed E-state index contributed by atoms with van der Waals surface area (Å²) in [6.45, 7) is 8.08.